The summed E-state index contributed by atoms with van der Waals surface area (Å²) in [5.41, 5.74) is 4.46. The van der Waals surface area contributed by atoms with Crippen molar-refractivity contribution in [2.24, 2.45) is 0 Å². The number of hydrogen-bond donors (Lipinski definition) is 2. The van der Waals surface area contributed by atoms with Crippen molar-refractivity contribution in [3.05, 3.63) is 65.2 Å². The van der Waals surface area contributed by atoms with Gasteiger partial charge in [-0.1, -0.05) is 71.4 Å². The summed E-state index contributed by atoms with van der Waals surface area (Å²) in [6, 6.07) is 16.2. The summed E-state index contributed by atoms with van der Waals surface area (Å²) in [6.45, 7) is 6.47. The van der Waals surface area contributed by atoms with Gasteiger partial charge in [-0.25, -0.2) is 4.98 Å². The van der Waals surface area contributed by atoms with Crippen LogP contribution >= 0.6 is 11.8 Å². The van der Waals surface area contributed by atoms with Crippen molar-refractivity contribution in [1.29, 1.82) is 0 Å². The number of benzene rings is 2. The van der Waals surface area contributed by atoms with Crippen LogP contribution in [-0.4, -0.2) is 26.3 Å². The minimum atomic E-state index is -0.276. The number of carbonyl (C=O) groups excluding carboxylic acids is 1. The summed E-state index contributed by atoms with van der Waals surface area (Å²) in [4.78, 5) is 16.8. The highest BCUT2D eigenvalue weighted by Crippen LogP contribution is 2.23. The topological polar surface area (TPSA) is 70.7 Å². The van der Waals surface area contributed by atoms with Crippen LogP contribution in [-0.2, 0) is 11.3 Å². The van der Waals surface area contributed by atoms with E-state index >= 15 is 0 Å². The van der Waals surface area contributed by atoms with E-state index in [1.807, 2.05) is 69.3 Å². The van der Waals surface area contributed by atoms with Gasteiger partial charge in [0.05, 0.1) is 5.25 Å². The van der Waals surface area contributed by atoms with E-state index in [2.05, 4.69) is 20.5 Å². The lowest BCUT2D eigenvalue weighted by Crippen LogP contribution is -2.30. The third kappa shape index (κ3) is 4.73. The van der Waals surface area contributed by atoms with Crippen molar-refractivity contribution in [1.82, 2.24) is 20.5 Å². The molecule has 0 spiro atoms. The van der Waals surface area contributed by atoms with Crippen LogP contribution in [0.4, 0.5) is 0 Å². The molecule has 0 aliphatic carbocycles. The molecule has 0 fully saturated rings. The van der Waals surface area contributed by atoms with Gasteiger partial charge in [-0.3, -0.25) is 9.89 Å². The lowest BCUT2D eigenvalue weighted by atomic mass is 10.1. The molecule has 0 unspecified atom stereocenters. The second kappa shape index (κ2) is 8.19. The molecular weight excluding hydrogens is 344 g/mol. The Bertz CT molecular complexity index is 872. The summed E-state index contributed by atoms with van der Waals surface area (Å²) in [7, 11) is 0. The quantitative estimate of drug-likeness (QED) is 0.650. The zero-order valence-corrected chi connectivity index (χ0v) is 15.9. The minimum Gasteiger partial charge on any atom is -0.351 e. The van der Waals surface area contributed by atoms with Gasteiger partial charge in [-0.15, -0.1) is 5.10 Å². The van der Waals surface area contributed by atoms with Crippen molar-refractivity contribution in [2.75, 3.05) is 0 Å². The third-order valence-electron chi connectivity index (χ3n) is 4.03. The first-order valence-electron chi connectivity index (χ1n) is 8.50. The summed E-state index contributed by atoms with van der Waals surface area (Å²) < 4.78 is 0. The van der Waals surface area contributed by atoms with E-state index in [0.717, 1.165) is 11.1 Å². The maximum absolute atomic E-state index is 12.3. The summed E-state index contributed by atoms with van der Waals surface area (Å²) in [5, 5.41) is 10.4. The molecule has 0 bridgehead atoms. The number of aryl methyl sites for hydroxylation is 2. The lowest BCUT2D eigenvalue weighted by Gasteiger charge is -2.10. The van der Waals surface area contributed by atoms with Gasteiger partial charge in [0.15, 0.2) is 5.82 Å². The van der Waals surface area contributed by atoms with Crippen molar-refractivity contribution < 1.29 is 4.79 Å². The lowest BCUT2D eigenvalue weighted by molar-refractivity contribution is -0.120. The molecule has 0 aliphatic heterocycles. The molecule has 0 saturated carbocycles. The SMILES string of the molecule is Cc1ccc(CNC(=O)[C@H](C)Sc2n[nH]c(-c3ccc(C)cc3)n2)cc1. The summed E-state index contributed by atoms with van der Waals surface area (Å²) in [5.74, 6) is 0.678. The molecular formula is C20H22N4OS. The molecule has 3 rings (SSSR count). The molecule has 134 valence electrons. The van der Waals surface area contributed by atoms with Gasteiger partial charge in [0.1, 0.15) is 0 Å². The van der Waals surface area contributed by atoms with Gasteiger partial charge in [0.2, 0.25) is 11.1 Å². The first kappa shape index (κ1) is 18.2. The Kier molecular flexibility index (Phi) is 5.73. The Morgan fingerprint density at radius 2 is 1.69 bits per heavy atom. The molecule has 1 atom stereocenters. The van der Waals surface area contributed by atoms with Crippen molar-refractivity contribution in [2.45, 2.75) is 37.7 Å². The Labute approximate surface area is 157 Å². The number of H-pyrrole nitrogens is 1. The molecule has 2 N–H and O–H groups in total. The Balaban J connectivity index is 1.55. The van der Waals surface area contributed by atoms with Crippen LogP contribution in [0.3, 0.4) is 0 Å². The molecule has 3 aromatic rings. The number of nitrogens with zero attached hydrogens (tertiary/aromatic N) is 2. The number of rotatable bonds is 6. The van der Waals surface area contributed by atoms with Gasteiger partial charge in [-0.05, 0) is 26.3 Å². The van der Waals surface area contributed by atoms with Crippen LogP contribution in [0.1, 0.15) is 23.6 Å². The predicted molar refractivity (Wildman–Crippen MR) is 105 cm³/mol. The fourth-order valence-corrected chi connectivity index (χ4v) is 3.14. The van der Waals surface area contributed by atoms with E-state index in [1.54, 1.807) is 0 Å². The number of nitrogens with one attached hydrogen (secondary N) is 2. The van der Waals surface area contributed by atoms with E-state index < -0.39 is 0 Å². The fourth-order valence-electron chi connectivity index (χ4n) is 2.39. The number of aromatic nitrogens is 3. The average molecular weight is 366 g/mol. The maximum atomic E-state index is 12.3. The maximum Gasteiger partial charge on any atom is 0.233 e. The second-order valence-corrected chi connectivity index (χ2v) is 7.60. The summed E-state index contributed by atoms with van der Waals surface area (Å²) in [6.07, 6.45) is 0. The molecule has 26 heavy (non-hydrogen) atoms. The van der Waals surface area contributed by atoms with E-state index in [4.69, 9.17) is 0 Å². The normalized spacial score (nSPS) is 12.0. The van der Waals surface area contributed by atoms with Gasteiger partial charge < -0.3 is 5.32 Å². The Morgan fingerprint density at radius 3 is 2.35 bits per heavy atom. The smallest absolute Gasteiger partial charge is 0.233 e. The van der Waals surface area contributed by atoms with Gasteiger partial charge in [0.25, 0.3) is 0 Å². The Hall–Kier alpha value is -2.60. The highest BCUT2D eigenvalue weighted by Gasteiger charge is 2.17. The number of amides is 1. The molecule has 2 aromatic carbocycles. The first-order chi connectivity index (χ1) is 12.5. The van der Waals surface area contributed by atoms with Crippen molar-refractivity contribution >= 4 is 17.7 Å². The van der Waals surface area contributed by atoms with Crippen LogP contribution in [0.15, 0.2) is 53.7 Å². The van der Waals surface area contributed by atoms with Gasteiger partial charge in [-0.2, -0.15) is 0 Å². The molecule has 0 radical (unpaired) electrons. The highest BCUT2D eigenvalue weighted by atomic mass is 32.2. The van der Waals surface area contributed by atoms with E-state index in [1.165, 1.54) is 22.9 Å². The van der Waals surface area contributed by atoms with Gasteiger partial charge in [0, 0.05) is 12.1 Å². The second-order valence-electron chi connectivity index (χ2n) is 6.30. The summed E-state index contributed by atoms with van der Waals surface area (Å²) >= 11 is 1.34. The zero-order chi connectivity index (χ0) is 18.5. The van der Waals surface area contributed by atoms with E-state index in [0.29, 0.717) is 17.5 Å². The fraction of sp³-hybridized carbons (Fsp3) is 0.250. The van der Waals surface area contributed by atoms with Crippen LogP contribution in [0.2, 0.25) is 0 Å². The van der Waals surface area contributed by atoms with E-state index in [9.17, 15) is 4.79 Å². The largest absolute Gasteiger partial charge is 0.351 e. The predicted octanol–water partition coefficient (Wildman–Crippen LogP) is 3.89. The van der Waals surface area contributed by atoms with E-state index in [-0.39, 0.29) is 11.2 Å². The Morgan fingerprint density at radius 1 is 1.08 bits per heavy atom. The highest BCUT2D eigenvalue weighted by molar-refractivity contribution is 8.00. The molecule has 6 heteroatoms. The van der Waals surface area contributed by atoms with Gasteiger partial charge >= 0.3 is 0 Å². The zero-order valence-electron chi connectivity index (χ0n) is 15.1. The number of carbonyl (C=O) groups is 1. The van der Waals surface area contributed by atoms with Crippen LogP contribution < -0.4 is 5.32 Å². The molecule has 1 aromatic heterocycles. The number of hydrogen-bond acceptors (Lipinski definition) is 4. The minimum absolute atomic E-state index is 0.0303. The van der Waals surface area contributed by atoms with Crippen molar-refractivity contribution in [3.8, 4) is 11.4 Å². The molecule has 0 aliphatic rings. The molecule has 1 heterocycles. The monoisotopic (exact) mass is 366 g/mol. The van der Waals surface area contributed by atoms with Crippen LogP contribution in [0, 0.1) is 13.8 Å². The van der Waals surface area contributed by atoms with Crippen LogP contribution in [0.5, 0.6) is 0 Å². The first-order valence-corrected chi connectivity index (χ1v) is 9.38. The van der Waals surface area contributed by atoms with Crippen molar-refractivity contribution in [3.63, 3.8) is 0 Å². The third-order valence-corrected chi connectivity index (χ3v) is 4.99. The molecule has 0 saturated heterocycles. The standard InChI is InChI=1S/C20H22N4OS/c1-13-4-8-16(9-5-13)12-21-19(25)15(3)26-20-22-18(23-24-20)17-10-6-14(2)7-11-17/h4-11,15H,12H2,1-3H3,(H,21,25)(H,22,23,24)/t15-/m0/s1. The average Bonchev–Trinajstić information content (AvgIpc) is 3.10. The number of aromatic amines is 1. The number of thioether (sulfide) groups is 1. The van der Waals surface area contributed by atoms with Crippen LogP contribution in [0.25, 0.3) is 11.4 Å². The molecule has 5 nitrogen and oxygen atoms in total. The molecule has 1 amide bonds.